The van der Waals surface area contributed by atoms with Gasteiger partial charge in [0.1, 0.15) is 17.6 Å². The molecule has 3 aromatic rings. The van der Waals surface area contributed by atoms with E-state index >= 15 is 0 Å². The van der Waals surface area contributed by atoms with Crippen molar-refractivity contribution in [3.63, 3.8) is 0 Å². The summed E-state index contributed by atoms with van der Waals surface area (Å²) in [6.45, 7) is 10.1. The predicted molar refractivity (Wildman–Crippen MR) is 114 cm³/mol. The van der Waals surface area contributed by atoms with E-state index in [1.807, 2.05) is 52.8 Å². The van der Waals surface area contributed by atoms with Crippen molar-refractivity contribution >= 4 is 23.5 Å². The molecule has 0 bridgehead atoms. The van der Waals surface area contributed by atoms with Crippen LogP contribution in [-0.4, -0.2) is 35.0 Å². The SMILES string of the molecule is COc1cccc2c(=O)n(-c3cccc(B4OC(C)(C)C(C)(C)O4)c3C)cnc12. The monoisotopic (exact) mass is 392 g/mol. The van der Waals surface area contributed by atoms with Gasteiger partial charge in [0.15, 0.2) is 0 Å². The van der Waals surface area contributed by atoms with E-state index in [9.17, 15) is 4.79 Å². The van der Waals surface area contributed by atoms with Crippen molar-refractivity contribution in [2.45, 2.75) is 45.8 Å². The lowest BCUT2D eigenvalue weighted by Crippen LogP contribution is -2.41. The molecule has 0 N–H and O–H groups in total. The molecule has 1 fully saturated rings. The molecule has 7 heteroatoms. The Bertz CT molecular complexity index is 1140. The van der Waals surface area contributed by atoms with Crippen LogP contribution in [0.25, 0.3) is 16.6 Å². The lowest BCUT2D eigenvalue weighted by molar-refractivity contribution is 0.00578. The molecule has 1 aliphatic heterocycles. The van der Waals surface area contributed by atoms with E-state index in [4.69, 9.17) is 14.0 Å². The molecule has 1 saturated heterocycles. The summed E-state index contributed by atoms with van der Waals surface area (Å²) in [5, 5.41) is 0.507. The van der Waals surface area contributed by atoms with Crippen molar-refractivity contribution in [3.05, 3.63) is 58.6 Å². The molecule has 0 spiro atoms. The van der Waals surface area contributed by atoms with Gasteiger partial charge in [-0.1, -0.05) is 18.2 Å². The highest BCUT2D eigenvalue weighted by atomic mass is 16.7. The molecular weight excluding hydrogens is 367 g/mol. The molecule has 0 aliphatic carbocycles. The molecule has 1 aromatic heterocycles. The lowest BCUT2D eigenvalue weighted by atomic mass is 9.76. The number of hydrogen-bond donors (Lipinski definition) is 0. The summed E-state index contributed by atoms with van der Waals surface area (Å²) in [4.78, 5) is 17.7. The normalized spacial score (nSPS) is 17.7. The minimum atomic E-state index is -0.496. The molecule has 2 aromatic carbocycles. The standard InChI is InChI=1S/C22H25BN2O4/c1-14-16(23-28-21(2,3)22(4,5)29-23)10-8-11-17(14)25-13-24-19-15(20(25)26)9-7-12-18(19)27-6/h7-13H,1-6H3. The molecule has 4 rings (SSSR count). The van der Waals surface area contributed by atoms with Crippen molar-refractivity contribution in [1.29, 1.82) is 0 Å². The zero-order valence-corrected chi connectivity index (χ0v) is 17.6. The third-order valence-electron chi connectivity index (χ3n) is 6.08. The highest BCUT2D eigenvalue weighted by Gasteiger charge is 2.52. The number of fused-ring (bicyclic) bond motifs is 1. The van der Waals surface area contributed by atoms with Crippen LogP contribution in [0.3, 0.4) is 0 Å². The summed E-state index contributed by atoms with van der Waals surface area (Å²) in [5.41, 5.74) is 2.10. The van der Waals surface area contributed by atoms with Gasteiger partial charge < -0.3 is 14.0 Å². The van der Waals surface area contributed by atoms with Crippen molar-refractivity contribution in [3.8, 4) is 11.4 Å². The van der Waals surface area contributed by atoms with Crippen LogP contribution in [-0.2, 0) is 9.31 Å². The van der Waals surface area contributed by atoms with Crippen LogP contribution in [0.1, 0.15) is 33.3 Å². The van der Waals surface area contributed by atoms with Crippen molar-refractivity contribution in [1.82, 2.24) is 9.55 Å². The van der Waals surface area contributed by atoms with Gasteiger partial charge >= 0.3 is 7.12 Å². The summed E-state index contributed by atoms with van der Waals surface area (Å²) >= 11 is 0. The van der Waals surface area contributed by atoms with Crippen LogP contribution in [0.2, 0.25) is 0 Å². The number of nitrogens with zero attached hydrogens (tertiary/aromatic N) is 2. The third kappa shape index (κ3) is 3.05. The molecule has 29 heavy (non-hydrogen) atoms. The van der Waals surface area contributed by atoms with Gasteiger partial charge in [-0.25, -0.2) is 4.98 Å². The maximum absolute atomic E-state index is 13.2. The van der Waals surface area contributed by atoms with Crippen LogP contribution in [0.5, 0.6) is 5.75 Å². The van der Waals surface area contributed by atoms with Crippen molar-refractivity contribution in [2.75, 3.05) is 7.11 Å². The number of para-hydroxylation sites is 1. The van der Waals surface area contributed by atoms with Crippen molar-refractivity contribution < 1.29 is 14.0 Å². The van der Waals surface area contributed by atoms with Crippen LogP contribution >= 0.6 is 0 Å². The first kappa shape index (κ1) is 19.7. The largest absolute Gasteiger partial charge is 0.495 e. The Hall–Kier alpha value is -2.64. The minimum Gasteiger partial charge on any atom is -0.494 e. The first-order valence-electron chi connectivity index (χ1n) is 9.66. The zero-order valence-electron chi connectivity index (χ0n) is 17.6. The number of aromatic nitrogens is 2. The zero-order chi connectivity index (χ0) is 21.0. The Morgan fingerprint density at radius 3 is 2.34 bits per heavy atom. The van der Waals surface area contributed by atoms with Gasteiger partial charge in [0.2, 0.25) is 0 Å². The Morgan fingerprint density at radius 1 is 1.03 bits per heavy atom. The predicted octanol–water partition coefficient (Wildman–Crippen LogP) is 3.00. The topological polar surface area (TPSA) is 62.6 Å². The molecule has 0 unspecified atom stereocenters. The number of hydrogen-bond acceptors (Lipinski definition) is 5. The summed E-state index contributed by atoms with van der Waals surface area (Å²) in [7, 11) is 1.07. The Morgan fingerprint density at radius 2 is 1.69 bits per heavy atom. The summed E-state index contributed by atoms with van der Waals surface area (Å²) in [5.74, 6) is 0.578. The number of methoxy groups -OCH3 is 1. The van der Waals surface area contributed by atoms with Gasteiger partial charge in [0, 0.05) is 0 Å². The highest BCUT2D eigenvalue weighted by molar-refractivity contribution is 6.62. The Balaban J connectivity index is 1.83. The van der Waals surface area contributed by atoms with Gasteiger partial charge in [0.25, 0.3) is 5.56 Å². The van der Waals surface area contributed by atoms with E-state index < -0.39 is 18.3 Å². The maximum atomic E-state index is 13.2. The van der Waals surface area contributed by atoms with E-state index in [1.165, 1.54) is 0 Å². The summed E-state index contributed by atoms with van der Waals surface area (Å²) in [6, 6.07) is 11.1. The van der Waals surface area contributed by atoms with E-state index in [0.29, 0.717) is 16.7 Å². The number of ether oxygens (including phenoxy) is 1. The van der Waals surface area contributed by atoms with Crippen LogP contribution in [0, 0.1) is 6.92 Å². The first-order chi connectivity index (χ1) is 13.7. The Labute approximate surface area is 170 Å². The number of rotatable bonds is 3. The molecule has 2 heterocycles. The summed E-state index contributed by atoms with van der Waals surface area (Å²) < 4.78 is 19.3. The fourth-order valence-corrected chi connectivity index (χ4v) is 3.59. The minimum absolute atomic E-state index is 0.150. The maximum Gasteiger partial charge on any atom is 0.495 e. The average Bonchev–Trinajstić information content (AvgIpc) is 2.89. The molecule has 6 nitrogen and oxygen atoms in total. The highest BCUT2D eigenvalue weighted by Crippen LogP contribution is 2.36. The average molecular weight is 392 g/mol. The Kier molecular flexibility index (Phi) is 4.55. The fourth-order valence-electron chi connectivity index (χ4n) is 3.59. The quantitative estimate of drug-likeness (QED) is 0.642. The second-order valence-electron chi connectivity index (χ2n) is 8.36. The fraction of sp³-hybridized carbons (Fsp3) is 0.364. The molecule has 0 amide bonds. The second kappa shape index (κ2) is 6.71. The van der Waals surface area contributed by atoms with Crippen LogP contribution < -0.4 is 15.8 Å². The lowest BCUT2D eigenvalue weighted by Gasteiger charge is -2.32. The molecular formula is C22H25BN2O4. The summed E-state index contributed by atoms with van der Waals surface area (Å²) in [6.07, 6.45) is 1.55. The van der Waals surface area contributed by atoms with Gasteiger partial charge in [-0.05, 0) is 63.8 Å². The van der Waals surface area contributed by atoms with E-state index in [0.717, 1.165) is 16.7 Å². The van der Waals surface area contributed by atoms with E-state index in [1.54, 1.807) is 36.2 Å². The van der Waals surface area contributed by atoms with Crippen molar-refractivity contribution in [2.24, 2.45) is 0 Å². The molecule has 1 aliphatic rings. The van der Waals surface area contributed by atoms with Gasteiger partial charge in [-0.3, -0.25) is 9.36 Å². The number of benzene rings is 2. The second-order valence-corrected chi connectivity index (χ2v) is 8.36. The van der Waals surface area contributed by atoms with Gasteiger partial charge in [-0.15, -0.1) is 0 Å². The van der Waals surface area contributed by atoms with E-state index in [-0.39, 0.29) is 5.56 Å². The van der Waals surface area contributed by atoms with Crippen LogP contribution in [0.4, 0.5) is 0 Å². The van der Waals surface area contributed by atoms with Crippen LogP contribution in [0.15, 0.2) is 47.5 Å². The van der Waals surface area contributed by atoms with Gasteiger partial charge in [-0.2, -0.15) is 0 Å². The molecule has 0 atom stereocenters. The van der Waals surface area contributed by atoms with Gasteiger partial charge in [0.05, 0.1) is 29.4 Å². The molecule has 150 valence electrons. The van der Waals surface area contributed by atoms with E-state index in [2.05, 4.69) is 4.98 Å². The third-order valence-corrected chi connectivity index (χ3v) is 6.08. The smallest absolute Gasteiger partial charge is 0.494 e. The molecule has 0 saturated carbocycles. The first-order valence-corrected chi connectivity index (χ1v) is 9.66. The molecule has 0 radical (unpaired) electrons.